The Hall–Kier alpha value is -0.0800. The molecule has 1 saturated carbocycles. The quantitative estimate of drug-likeness (QED) is 0.594. The average Bonchev–Trinajstić information content (AvgIpc) is 1.97. The Balaban J connectivity index is 2.34. The van der Waals surface area contributed by atoms with E-state index in [-0.39, 0.29) is 0 Å². The molecule has 0 atom stereocenters. The number of rotatable bonds is 1. The molecule has 1 rings (SSSR count). The minimum Gasteiger partial charge on any atom is -0.366 e. The molecule has 0 saturated heterocycles. The van der Waals surface area contributed by atoms with Crippen LogP contribution in [0.25, 0.3) is 0 Å². The van der Waals surface area contributed by atoms with Crippen molar-refractivity contribution in [2.24, 2.45) is 5.92 Å². The molecule has 0 bridgehead atoms. The van der Waals surface area contributed by atoms with Crippen LogP contribution in [-0.4, -0.2) is 16.0 Å². The summed E-state index contributed by atoms with van der Waals surface area (Å²) in [5.41, 5.74) is 0. The third-order valence-corrected chi connectivity index (χ3v) is 2.96. The van der Waals surface area contributed by atoms with Crippen LogP contribution in [0.1, 0.15) is 51.9 Å². The number of hydrogen-bond donors (Lipinski definition) is 2. The highest BCUT2D eigenvalue weighted by Crippen LogP contribution is 2.28. The van der Waals surface area contributed by atoms with Crippen LogP contribution in [-0.2, 0) is 0 Å². The SMILES string of the molecule is CCC1CCCC(O)(O)CCC1. The summed E-state index contributed by atoms with van der Waals surface area (Å²) in [6, 6.07) is 0. The molecule has 0 radical (unpaired) electrons. The standard InChI is InChI=1S/C10H20O2/c1-2-9-5-3-7-10(11,12)8-4-6-9/h9,11-12H,2-8H2,1H3. The van der Waals surface area contributed by atoms with Gasteiger partial charge in [0, 0.05) is 12.8 Å². The smallest absolute Gasteiger partial charge is 0.162 e. The molecule has 1 fully saturated rings. The van der Waals surface area contributed by atoms with Crippen LogP contribution >= 0.6 is 0 Å². The zero-order chi connectivity index (χ0) is 9.03. The van der Waals surface area contributed by atoms with Gasteiger partial charge in [-0.2, -0.15) is 0 Å². The second-order valence-electron chi connectivity index (χ2n) is 4.04. The van der Waals surface area contributed by atoms with E-state index in [2.05, 4.69) is 6.92 Å². The van der Waals surface area contributed by atoms with Crippen molar-refractivity contribution in [2.75, 3.05) is 0 Å². The summed E-state index contributed by atoms with van der Waals surface area (Å²) in [7, 11) is 0. The summed E-state index contributed by atoms with van der Waals surface area (Å²) in [5, 5.41) is 18.8. The molecule has 0 aliphatic heterocycles. The molecule has 0 aromatic rings. The van der Waals surface area contributed by atoms with Gasteiger partial charge in [-0.1, -0.05) is 26.2 Å². The molecule has 0 spiro atoms. The maximum atomic E-state index is 9.39. The molecule has 0 aromatic heterocycles. The first-order chi connectivity index (χ1) is 5.64. The Kier molecular flexibility index (Phi) is 3.53. The third-order valence-electron chi connectivity index (χ3n) is 2.96. The monoisotopic (exact) mass is 172 g/mol. The van der Waals surface area contributed by atoms with Crippen LogP contribution in [0.15, 0.2) is 0 Å². The minimum atomic E-state index is -1.36. The van der Waals surface area contributed by atoms with Crippen LogP contribution in [0.2, 0.25) is 0 Å². The highest BCUT2D eigenvalue weighted by atomic mass is 16.5. The zero-order valence-electron chi connectivity index (χ0n) is 7.92. The molecular weight excluding hydrogens is 152 g/mol. The second-order valence-corrected chi connectivity index (χ2v) is 4.04. The normalized spacial score (nSPS) is 26.2. The first-order valence-corrected chi connectivity index (χ1v) is 5.09. The molecule has 2 N–H and O–H groups in total. The molecule has 0 aromatic carbocycles. The van der Waals surface area contributed by atoms with E-state index in [4.69, 9.17) is 0 Å². The van der Waals surface area contributed by atoms with Crippen molar-refractivity contribution in [3.63, 3.8) is 0 Å². The van der Waals surface area contributed by atoms with Crippen LogP contribution in [0.3, 0.4) is 0 Å². The Bertz CT molecular complexity index is 120. The van der Waals surface area contributed by atoms with E-state index in [1.807, 2.05) is 0 Å². The fraction of sp³-hybridized carbons (Fsp3) is 1.00. The third kappa shape index (κ3) is 3.11. The first kappa shape index (κ1) is 10.0. The Morgan fingerprint density at radius 1 is 1.17 bits per heavy atom. The van der Waals surface area contributed by atoms with Crippen LogP contribution in [0.5, 0.6) is 0 Å². The van der Waals surface area contributed by atoms with E-state index in [0.717, 1.165) is 18.8 Å². The van der Waals surface area contributed by atoms with E-state index in [0.29, 0.717) is 12.8 Å². The lowest BCUT2D eigenvalue weighted by atomic mass is 9.87. The van der Waals surface area contributed by atoms with Crippen LogP contribution in [0.4, 0.5) is 0 Å². The van der Waals surface area contributed by atoms with Crippen LogP contribution in [0, 0.1) is 5.92 Å². The Morgan fingerprint density at radius 2 is 1.67 bits per heavy atom. The van der Waals surface area contributed by atoms with Gasteiger partial charge in [-0.05, 0) is 18.8 Å². The van der Waals surface area contributed by atoms with Crippen molar-refractivity contribution in [1.29, 1.82) is 0 Å². The van der Waals surface area contributed by atoms with Crippen molar-refractivity contribution in [2.45, 2.75) is 57.7 Å². The van der Waals surface area contributed by atoms with Crippen molar-refractivity contribution in [1.82, 2.24) is 0 Å². The van der Waals surface area contributed by atoms with Gasteiger partial charge in [0.05, 0.1) is 0 Å². The molecule has 1 aliphatic carbocycles. The van der Waals surface area contributed by atoms with Gasteiger partial charge in [0.2, 0.25) is 0 Å². The van der Waals surface area contributed by atoms with E-state index in [1.165, 1.54) is 19.3 Å². The average molecular weight is 172 g/mol. The van der Waals surface area contributed by atoms with Gasteiger partial charge in [-0.15, -0.1) is 0 Å². The molecule has 0 heterocycles. The second kappa shape index (κ2) is 4.24. The van der Waals surface area contributed by atoms with Gasteiger partial charge in [0.15, 0.2) is 5.79 Å². The predicted octanol–water partition coefficient (Wildman–Crippen LogP) is 2.05. The fourth-order valence-corrected chi connectivity index (χ4v) is 2.03. The Morgan fingerprint density at radius 3 is 2.08 bits per heavy atom. The van der Waals surface area contributed by atoms with Gasteiger partial charge in [0.25, 0.3) is 0 Å². The fourth-order valence-electron chi connectivity index (χ4n) is 2.03. The molecular formula is C10H20O2. The van der Waals surface area contributed by atoms with E-state index in [1.54, 1.807) is 0 Å². The summed E-state index contributed by atoms with van der Waals surface area (Å²) in [6.45, 7) is 2.22. The maximum absolute atomic E-state index is 9.39. The molecule has 2 heteroatoms. The van der Waals surface area contributed by atoms with Crippen molar-refractivity contribution < 1.29 is 10.2 Å². The van der Waals surface area contributed by atoms with Crippen LogP contribution < -0.4 is 0 Å². The number of aliphatic hydroxyl groups is 2. The summed E-state index contributed by atoms with van der Waals surface area (Å²) in [4.78, 5) is 0. The lowest BCUT2D eigenvalue weighted by Gasteiger charge is -2.27. The van der Waals surface area contributed by atoms with Gasteiger partial charge < -0.3 is 10.2 Å². The van der Waals surface area contributed by atoms with Gasteiger partial charge in [-0.3, -0.25) is 0 Å². The summed E-state index contributed by atoms with van der Waals surface area (Å²) in [6.07, 6.45) is 6.62. The van der Waals surface area contributed by atoms with Gasteiger partial charge in [-0.25, -0.2) is 0 Å². The van der Waals surface area contributed by atoms with E-state index in [9.17, 15) is 10.2 Å². The summed E-state index contributed by atoms with van der Waals surface area (Å²) in [5.74, 6) is -0.542. The molecule has 2 nitrogen and oxygen atoms in total. The molecule has 12 heavy (non-hydrogen) atoms. The Labute approximate surface area is 74.6 Å². The predicted molar refractivity (Wildman–Crippen MR) is 48.7 cm³/mol. The molecule has 1 aliphatic rings. The molecule has 0 unspecified atom stereocenters. The van der Waals surface area contributed by atoms with E-state index >= 15 is 0 Å². The summed E-state index contributed by atoms with van der Waals surface area (Å²) < 4.78 is 0. The first-order valence-electron chi connectivity index (χ1n) is 5.09. The van der Waals surface area contributed by atoms with Gasteiger partial charge >= 0.3 is 0 Å². The largest absolute Gasteiger partial charge is 0.366 e. The van der Waals surface area contributed by atoms with Crippen molar-refractivity contribution in [3.8, 4) is 0 Å². The maximum Gasteiger partial charge on any atom is 0.162 e. The summed E-state index contributed by atoms with van der Waals surface area (Å²) >= 11 is 0. The lowest BCUT2D eigenvalue weighted by Crippen LogP contribution is -2.29. The van der Waals surface area contributed by atoms with Crippen molar-refractivity contribution in [3.05, 3.63) is 0 Å². The van der Waals surface area contributed by atoms with Gasteiger partial charge in [0.1, 0.15) is 0 Å². The lowest BCUT2D eigenvalue weighted by molar-refractivity contribution is -0.175. The highest BCUT2D eigenvalue weighted by molar-refractivity contribution is 4.71. The minimum absolute atomic E-state index is 0.559. The molecule has 72 valence electrons. The number of hydrogen-bond acceptors (Lipinski definition) is 2. The van der Waals surface area contributed by atoms with Crippen molar-refractivity contribution >= 4 is 0 Å². The zero-order valence-corrected chi connectivity index (χ0v) is 7.92. The van der Waals surface area contributed by atoms with E-state index < -0.39 is 5.79 Å². The topological polar surface area (TPSA) is 40.5 Å². The highest BCUT2D eigenvalue weighted by Gasteiger charge is 2.25. The molecule has 0 amide bonds.